The fourth-order valence-electron chi connectivity index (χ4n) is 1.77. The maximum Gasteiger partial charge on any atom is 0.327 e. The van der Waals surface area contributed by atoms with E-state index in [9.17, 15) is 9.59 Å². The number of amides is 1. The molecule has 1 fully saturated rings. The first-order valence-electron chi connectivity index (χ1n) is 5.17. The molecule has 2 heterocycles. The Bertz CT molecular complexity index is 422. The molecule has 0 bridgehead atoms. The molecule has 2 rings (SSSR count). The zero-order valence-electron chi connectivity index (χ0n) is 9.16. The Hall–Kier alpha value is -1.57. The normalized spacial score (nSPS) is 23.9. The summed E-state index contributed by atoms with van der Waals surface area (Å²) in [5, 5.41) is 15.0. The van der Waals surface area contributed by atoms with Crippen LogP contribution in [0, 0.1) is 0 Å². The molecular weight excluding hydrogens is 244 g/mol. The second-order valence-electron chi connectivity index (χ2n) is 3.60. The van der Waals surface area contributed by atoms with Gasteiger partial charge < -0.3 is 10.0 Å². The van der Waals surface area contributed by atoms with Gasteiger partial charge in [-0.3, -0.25) is 9.89 Å². The third-order valence-electron chi connectivity index (χ3n) is 2.58. The van der Waals surface area contributed by atoms with E-state index in [0.29, 0.717) is 12.2 Å². The lowest BCUT2D eigenvalue weighted by Gasteiger charge is -2.25. The summed E-state index contributed by atoms with van der Waals surface area (Å²) in [5.74, 6) is -0.904. The molecule has 0 aromatic carbocycles. The maximum atomic E-state index is 12.1. The van der Waals surface area contributed by atoms with E-state index in [2.05, 4.69) is 15.2 Å². The van der Waals surface area contributed by atoms with Crippen molar-refractivity contribution < 1.29 is 14.7 Å². The van der Waals surface area contributed by atoms with E-state index < -0.39 is 17.9 Å². The third kappa shape index (κ3) is 2.12. The Kier molecular flexibility index (Phi) is 3.32. The van der Waals surface area contributed by atoms with Crippen molar-refractivity contribution in [2.24, 2.45) is 0 Å². The average Bonchev–Trinajstić information content (AvgIpc) is 2.96. The molecule has 17 heavy (non-hydrogen) atoms. The third-order valence-corrected chi connectivity index (χ3v) is 4.03. The van der Waals surface area contributed by atoms with Crippen LogP contribution in [-0.2, 0) is 4.79 Å². The number of carbonyl (C=O) groups excluding carboxylic acids is 1. The van der Waals surface area contributed by atoms with Crippen LogP contribution < -0.4 is 0 Å². The van der Waals surface area contributed by atoms with E-state index in [1.807, 2.05) is 6.92 Å². The smallest absolute Gasteiger partial charge is 0.327 e. The van der Waals surface area contributed by atoms with Crippen molar-refractivity contribution >= 4 is 23.6 Å². The lowest BCUT2D eigenvalue weighted by atomic mass is 10.2. The van der Waals surface area contributed by atoms with Crippen LogP contribution in [0.1, 0.15) is 24.0 Å². The van der Waals surface area contributed by atoms with Crippen molar-refractivity contribution in [1.82, 2.24) is 20.1 Å². The van der Waals surface area contributed by atoms with E-state index in [1.54, 1.807) is 0 Å². The number of thioether (sulfide) groups is 1. The number of aliphatic carboxylic acids is 1. The van der Waals surface area contributed by atoms with Crippen molar-refractivity contribution in [2.75, 3.05) is 5.75 Å². The number of hydrogen-bond acceptors (Lipinski definition) is 5. The molecule has 1 saturated heterocycles. The highest BCUT2D eigenvalue weighted by atomic mass is 32.2. The number of aromatic nitrogens is 3. The second kappa shape index (κ2) is 4.74. The van der Waals surface area contributed by atoms with E-state index in [4.69, 9.17) is 5.11 Å². The van der Waals surface area contributed by atoms with Crippen LogP contribution in [0.15, 0.2) is 6.33 Å². The summed E-state index contributed by atoms with van der Waals surface area (Å²) in [4.78, 5) is 28.3. The molecule has 1 aliphatic heterocycles. The Labute approximate surface area is 102 Å². The first kappa shape index (κ1) is 11.9. The van der Waals surface area contributed by atoms with E-state index in [1.165, 1.54) is 23.0 Å². The molecule has 0 spiro atoms. The summed E-state index contributed by atoms with van der Waals surface area (Å²) >= 11 is 1.47. The first-order valence-corrected chi connectivity index (χ1v) is 6.22. The standard InChI is InChI=1S/C9H12N4O3S/c1-2-6-13(5(3-17-6)9(15)16)8(14)7-10-4-11-12-7/h4-6H,2-3H2,1H3,(H,15,16)(H,10,11,12). The van der Waals surface area contributed by atoms with E-state index in [0.717, 1.165) is 0 Å². The minimum Gasteiger partial charge on any atom is -0.480 e. The SMILES string of the molecule is CCC1SCC(C(=O)O)N1C(=O)c1ncn[nH]1. The summed E-state index contributed by atoms with van der Waals surface area (Å²) in [6, 6.07) is -0.789. The average molecular weight is 256 g/mol. The largest absolute Gasteiger partial charge is 0.480 e. The number of carboxylic acid groups (broad SMARTS) is 1. The van der Waals surface area contributed by atoms with Gasteiger partial charge in [-0.15, -0.1) is 11.8 Å². The molecule has 7 nitrogen and oxygen atoms in total. The Balaban J connectivity index is 2.25. The topological polar surface area (TPSA) is 99.2 Å². The molecule has 92 valence electrons. The summed E-state index contributed by atoms with van der Waals surface area (Å²) < 4.78 is 0. The Morgan fingerprint density at radius 3 is 3.00 bits per heavy atom. The molecule has 8 heteroatoms. The second-order valence-corrected chi connectivity index (χ2v) is 4.81. The van der Waals surface area contributed by atoms with Crippen LogP contribution in [-0.4, -0.2) is 54.2 Å². The number of rotatable bonds is 3. The van der Waals surface area contributed by atoms with Crippen molar-refractivity contribution in [2.45, 2.75) is 24.8 Å². The molecule has 1 aromatic rings. The quantitative estimate of drug-likeness (QED) is 0.800. The number of aromatic amines is 1. The van der Waals surface area contributed by atoms with Crippen LogP contribution >= 0.6 is 11.8 Å². The lowest BCUT2D eigenvalue weighted by molar-refractivity contribution is -0.141. The monoisotopic (exact) mass is 256 g/mol. The van der Waals surface area contributed by atoms with Gasteiger partial charge in [-0.05, 0) is 6.42 Å². The number of carboxylic acids is 1. The van der Waals surface area contributed by atoms with Crippen LogP contribution in [0.3, 0.4) is 0 Å². The highest BCUT2D eigenvalue weighted by molar-refractivity contribution is 8.00. The number of H-pyrrole nitrogens is 1. The summed E-state index contributed by atoms with van der Waals surface area (Å²) in [6.07, 6.45) is 1.93. The molecule has 2 unspecified atom stereocenters. The molecule has 0 aliphatic carbocycles. The molecule has 2 N–H and O–H groups in total. The molecule has 2 atom stereocenters. The van der Waals surface area contributed by atoms with Crippen LogP contribution in [0.2, 0.25) is 0 Å². The molecule has 0 radical (unpaired) electrons. The molecule has 1 aromatic heterocycles. The van der Waals surface area contributed by atoms with Gasteiger partial charge >= 0.3 is 5.97 Å². The molecule has 1 amide bonds. The Morgan fingerprint density at radius 1 is 1.71 bits per heavy atom. The number of carbonyl (C=O) groups is 2. The van der Waals surface area contributed by atoms with Crippen molar-refractivity contribution in [1.29, 1.82) is 0 Å². The van der Waals surface area contributed by atoms with Crippen LogP contribution in [0.5, 0.6) is 0 Å². The maximum absolute atomic E-state index is 12.1. The van der Waals surface area contributed by atoms with Gasteiger partial charge in [-0.25, -0.2) is 9.78 Å². The minimum absolute atomic E-state index is 0.0807. The fraction of sp³-hybridized carbons (Fsp3) is 0.556. The summed E-state index contributed by atoms with van der Waals surface area (Å²) in [6.45, 7) is 1.92. The predicted octanol–water partition coefficient (Wildman–Crippen LogP) is 0.183. The number of nitrogens with zero attached hydrogens (tertiary/aromatic N) is 3. The van der Waals surface area contributed by atoms with Crippen LogP contribution in [0.4, 0.5) is 0 Å². The van der Waals surface area contributed by atoms with Gasteiger partial charge in [0.1, 0.15) is 12.4 Å². The zero-order valence-corrected chi connectivity index (χ0v) is 9.98. The van der Waals surface area contributed by atoms with Gasteiger partial charge in [0, 0.05) is 5.75 Å². The van der Waals surface area contributed by atoms with E-state index >= 15 is 0 Å². The van der Waals surface area contributed by atoms with Crippen molar-refractivity contribution in [3.05, 3.63) is 12.2 Å². The van der Waals surface area contributed by atoms with Gasteiger partial charge in [0.25, 0.3) is 5.91 Å². The van der Waals surface area contributed by atoms with Gasteiger partial charge in [0.05, 0.1) is 5.37 Å². The summed E-state index contributed by atoms with van der Waals surface area (Å²) in [5.41, 5.74) is 0. The predicted molar refractivity (Wildman–Crippen MR) is 60.5 cm³/mol. The van der Waals surface area contributed by atoms with Crippen molar-refractivity contribution in [3.63, 3.8) is 0 Å². The van der Waals surface area contributed by atoms with Crippen LogP contribution in [0.25, 0.3) is 0 Å². The van der Waals surface area contributed by atoms with Crippen molar-refractivity contribution in [3.8, 4) is 0 Å². The zero-order chi connectivity index (χ0) is 12.4. The first-order chi connectivity index (χ1) is 8.15. The number of nitrogens with one attached hydrogen (secondary N) is 1. The van der Waals surface area contributed by atoms with Gasteiger partial charge in [-0.1, -0.05) is 6.92 Å². The van der Waals surface area contributed by atoms with Gasteiger partial charge in [0.2, 0.25) is 5.82 Å². The molecule has 0 saturated carbocycles. The Morgan fingerprint density at radius 2 is 2.47 bits per heavy atom. The highest BCUT2D eigenvalue weighted by Gasteiger charge is 2.41. The molecular formula is C9H12N4O3S. The highest BCUT2D eigenvalue weighted by Crippen LogP contribution is 2.32. The number of hydrogen-bond donors (Lipinski definition) is 2. The van der Waals surface area contributed by atoms with E-state index in [-0.39, 0.29) is 11.2 Å². The minimum atomic E-state index is -0.985. The van der Waals surface area contributed by atoms with Gasteiger partial charge in [-0.2, -0.15) is 5.10 Å². The van der Waals surface area contributed by atoms with Gasteiger partial charge in [0.15, 0.2) is 0 Å². The molecule has 1 aliphatic rings. The lowest BCUT2D eigenvalue weighted by Crippen LogP contribution is -2.45. The fourth-order valence-corrected chi connectivity index (χ4v) is 3.12. The summed E-state index contributed by atoms with van der Waals surface area (Å²) in [7, 11) is 0.